The molecular weight excluding hydrogens is 371 g/mol. The van der Waals surface area contributed by atoms with Crippen molar-refractivity contribution in [1.82, 2.24) is 9.88 Å². The number of benzene rings is 2. The number of nitrogens with one attached hydrogen (secondary N) is 1. The first-order chi connectivity index (χ1) is 14.1. The van der Waals surface area contributed by atoms with Crippen LogP contribution in [0, 0.1) is 5.82 Å². The lowest BCUT2D eigenvalue weighted by Crippen LogP contribution is -2.48. The fourth-order valence-electron chi connectivity index (χ4n) is 4.34. The number of hydrogen-bond donors (Lipinski definition) is 1. The van der Waals surface area contributed by atoms with Crippen LogP contribution in [0.1, 0.15) is 39.3 Å². The van der Waals surface area contributed by atoms with Gasteiger partial charge in [0.2, 0.25) is 0 Å². The van der Waals surface area contributed by atoms with Gasteiger partial charge in [0.15, 0.2) is 5.60 Å². The summed E-state index contributed by atoms with van der Waals surface area (Å²) in [6.07, 6.45) is 3.19. The Morgan fingerprint density at radius 1 is 1.10 bits per heavy atom. The number of piperidine rings is 1. The van der Waals surface area contributed by atoms with E-state index in [9.17, 15) is 14.0 Å². The normalized spacial score (nSPS) is 20.6. The Morgan fingerprint density at radius 2 is 1.90 bits per heavy atom. The average molecular weight is 390 g/mol. The summed E-state index contributed by atoms with van der Waals surface area (Å²) in [5, 5.41) is 0. The van der Waals surface area contributed by atoms with Crippen molar-refractivity contribution in [3.05, 3.63) is 83.4 Å². The van der Waals surface area contributed by atoms with Crippen molar-refractivity contribution in [3.8, 4) is 11.1 Å². The molecule has 1 aromatic heterocycles. The van der Waals surface area contributed by atoms with E-state index in [4.69, 9.17) is 4.74 Å². The van der Waals surface area contributed by atoms with Crippen LogP contribution in [0.5, 0.6) is 0 Å². The number of hydrogen-bond acceptors (Lipinski definition) is 3. The van der Waals surface area contributed by atoms with E-state index < -0.39 is 5.60 Å². The van der Waals surface area contributed by atoms with Crippen LogP contribution in [0.15, 0.2) is 60.8 Å². The maximum absolute atomic E-state index is 13.2. The number of fused-ring (bicyclic) bond motifs is 2. The molecule has 0 bridgehead atoms. The molecule has 1 fully saturated rings. The molecule has 1 atom stereocenters. The molecule has 0 unspecified atom stereocenters. The molecule has 1 amide bonds. The lowest BCUT2D eigenvalue weighted by atomic mass is 9.85. The van der Waals surface area contributed by atoms with Crippen LogP contribution in [0.4, 0.5) is 4.39 Å². The highest BCUT2D eigenvalue weighted by molar-refractivity contribution is 5.96. The van der Waals surface area contributed by atoms with E-state index in [1.165, 1.54) is 12.1 Å². The van der Waals surface area contributed by atoms with E-state index in [-0.39, 0.29) is 17.7 Å². The molecule has 1 N–H and O–H groups in total. The fourth-order valence-corrected chi connectivity index (χ4v) is 4.34. The highest BCUT2D eigenvalue weighted by atomic mass is 19.1. The molecule has 6 heteroatoms. The van der Waals surface area contributed by atoms with Crippen LogP contribution >= 0.6 is 0 Å². The Balaban J connectivity index is 1.40. The van der Waals surface area contributed by atoms with Crippen LogP contribution in [0.3, 0.4) is 0 Å². The zero-order chi connectivity index (χ0) is 20.0. The molecular formula is C23H19FN2O3. The maximum atomic E-state index is 13.2. The molecule has 29 heavy (non-hydrogen) atoms. The summed E-state index contributed by atoms with van der Waals surface area (Å²) in [4.78, 5) is 30.2. The van der Waals surface area contributed by atoms with Crippen molar-refractivity contribution >= 4 is 11.9 Å². The average Bonchev–Trinajstić information content (AvgIpc) is 3.33. The van der Waals surface area contributed by atoms with Gasteiger partial charge in [-0.3, -0.25) is 4.79 Å². The summed E-state index contributed by atoms with van der Waals surface area (Å²) in [6, 6.07) is 15.3. The van der Waals surface area contributed by atoms with Crippen molar-refractivity contribution in [2.24, 2.45) is 0 Å². The van der Waals surface area contributed by atoms with Gasteiger partial charge >= 0.3 is 5.97 Å². The van der Waals surface area contributed by atoms with Crippen LogP contribution in [-0.4, -0.2) is 34.8 Å². The van der Waals surface area contributed by atoms with Crippen LogP contribution in [-0.2, 0) is 10.3 Å². The number of nitrogens with zero attached hydrogens (tertiary/aromatic N) is 1. The Hall–Kier alpha value is -3.41. The van der Waals surface area contributed by atoms with Gasteiger partial charge in [0, 0.05) is 18.3 Å². The first-order valence-corrected chi connectivity index (χ1v) is 9.62. The SMILES string of the molecule is O=C1O[C@@]2(CCCN(C(=O)c3cc(-c4ccc(F)cc4)c[nH]3)C2)c2ccccc21. The predicted octanol–water partition coefficient (Wildman–Crippen LogP) is 4.12. The third-order valence-corrected chi connectivity index (χ3v) is 5.76. The molecule has 3 aromatic rings. The van der Waals surface area contributed by atoms with Gasteiger partial charge in [-0.25, -0.2) is 9.18 Å². The van der Waals surface area contributed by atoms with Crippen molar-refractivity contribution in [3.63, 3.8) is 0 Å². The summed E-state index contributed by atoms with van der Waals surface area (Å²) in [6.45, 7) is 0.935. The molecule has 2 aliphatic rings. The zero-order valence-corrected chi connectivity index (χ0v) is 15.7. The van der Waals surface area contributed by atoms with E-state index in [0.717, 1.165) is 23.1 Å². The first kappa shape index (κ1) is 17.7. The molecule has 5 rings (SSSR count). The van der Waals surface area contributed by atoms with Gasteiger partial charge in [0.05, 0.1) is 12.1 Å². The molecule has 0 radical (unpaired) electrons. The Labute approximate surface area is 167 Å². The molecule has 5 nitrogen and oxygen atoms in total. The van der Waals surface area contributed by atoms with Crippen molar-refractivity contribution in [2.45, 2.75) is 18.4 Å². The highest BCUT2D eigenvalue weighted by Gasteiger charge is 2.48. The third kappa shape index (κ3) is 2.92. The number of aromatic nitrogens is 1. The minimum Gasteiger partial charge on any atom is -0.449 e. The Morgan fingerprint density at radius 3 is 2.72 bits per heavy atom. The van der Waals surface area contributed by atoms with Crippen molar-refractivity contribution in [2.75, 3.05) is 13.1 Å². The minimum absolute atomic E-state index is 0.141. The lowest BCUT2D eigenvalue weighted by Gasteiger charge is -2.39. The van der Waals surface area contributed by atoms with E-state index in [1.54, 1.807) is 35.4 Å². The van der Waals surface area contributed by atoms with Crippen LogP contribution in [0.25, 0.3) is 11.1 Å². The number of carbonyl (C=O) groups excluding carboxylic acids is 2. The maximum Gasteiger partial charge on any atom is 0.339 e. The lowest BCUT2D eigenvalue weighted by molar-refractivity contribution is -0.0443. The number of amides is 1. The standard InChI is InChI=1S/C23H19FN2O3/c24-17-8-6-15(7-9-17)16-12-20(25-13-16)21(27)26-11-3-10-23(14-26)19-5-2-1-4-18(19)22(28)29-23/h1-2,4-9,12-13,25H,3,10-11,14H2/t23-/m1/s1. The Kier molecular flexibility index (Phi) is 4.01. The summed E-state index contributed by atoms with van der Waals surface area (Å²) < 4.78 is 18.9. The number of aromatic amines is 1. The van der Waals surface area contributed by atoms with Gasteiger partial charge in [-0.1, -0.05) is 30.3 Å². The van der Waals surface area contributed by atoms with Gasteiger partial charge in [-0.15, -0.1) is 0 Å². The molecule has 0 saturated carbocycles. The number of rotatable bonds is 2. The summed E-state index contributed by atoms with van der Waals surface area (Å²) in [5.41, 5.74) is 2.78. The van der Waals surface area contributed by atoms with Crippen LogP contribution < -0.4 is 0 Å². The second-order valence-corrected chi connectivity index (χ2v) is 7.57. The monoisotopic (exact) mass is 390 g/mol. The summed E-state index contributed by atoms with van der Waals surface area (Å²) >= 11 is 0. The molecule has 146 valence electrons. The van der Waals surface area contributed by atoms with Crippen molar-refractivity contribution in [1.29, 1.82) is 0 Å². The molecule has 0 aliphatic carbocycles. The van der Waals surface area contributed by atoms with E-state index in [1.807, 2.05) is 18.2 Å². The van der Waals surface area contributed by atoms with Gasteiger partial charge in [-0.2, -0.15) is 0 Å². The smallest absolute Gasteiger partial charge is 0.339 e. The topological polar surface area (TPSA) is 62.4 Å². The van der Waals surface area contributed by atoms with Gasteiger partial charge in [-0.05, 0) is 48.2 Å². The molecule has 3 heterocycles. The number of halogens is 1. The first-order valence-electron chi connectivity index (χ1n) is 9.62. The van der Waals surface area contributed by atoms with Gasteiger partial charge in [0.25, 0.3) is 5.91 Å². The largest absolute Gasteiger partial charge is 0.449 e. The second-order valence-electron chi connectivity index (χ2n) is 7.57. The molecule has 1 spiro atoms. The van der Waals surface area contributed by atoms with E-state index in [0.29, 0.717) is 30.8 Å². The van der Waals surface area contributed by atoms with Crippen LogP contribution in [0.2, 0.25) is 0 Å². The highest BCUT2D eigenvalue weighted by Crippen LogP contribution is 2.43. The summed E-state index contributed by atoms with van der Waals surface area (Å²) in [5.74, 6) is -0.767. The second kappa shape index (κ2) is 6.58. The predicted molar refractivity (Wildman–Crippen MR) is 105 cm³/mol. The van der Waals surface area contributed by atoms with Crippen molar-refractivity contribution < 1.29 is 18.7 Å². The number of esters is 1. The van der Waals surface area contributed by atoms with E-state index >= 15 is 0 Å². The quantitative estimate of drug-likeness (QED) is 0.670. The van der Waals surface area contributed by atoms with E-state index in [2.05, 4.69) is 4.98 Å². The fraction of sp³-hybridized carbons (Fsp3) is 0.217. The number of H-pyrrole nitrogens is 1. The number of likely N-dealkylation sites (tertiary alicyclic amines) is 1. The molecule has 2 aliphatic heterocycles. The number of carbonyl (C=O) groups is 2. The van der Waals surface area contributed by atoms with Gasteiger partial charge in [0.1, 0.15) is 11.5 Å². The third-order valence-electron chi connectivity index (χ3n) is 5.76. The summed E-state index contributed by atoms with van der Waals surface area (Å²) in [7, 11) is 0. The molecule has 1 saturated heterocycles. The van der Waals surface area contributed by atoms with Gasteiger partial charge < -0.3 is 14.6 Å². The zero-order valence-electron chi connectivity index (χ0n) is 15.7. The number of ether oxygens (including phenoxy) is 1. The Bertz CT molecular complexity index is 1110. The molecule has 2 aromatic carbocycles. The minimum atomic E-state index is -0.770.